The molecule has 0 aliphatic heterocycles. The average Bonchev–Trinajstić information content (AvgIpc) is 2.32. The lowest BCUT2D eigenvalue weighted by Crippen LogP contribution is -2.11. The molecule has 0 bridgehead atoms. The number of rotatable bonds is 3. The lowest BCUT2D eigenvalue weighted by Gasteiger charge is -2.03. The number of pyridine rings is 1. The number of nitrogens with one attached hydrogen (secondary N) is 2. The van der Waals surface area contributed by atoms with Crippen molar-refractivity contribution in [1.29, 1.82) is 0 Å². The molecule has 3 N–H and O–H groups in total. The van der Waals surface area contributed by atoms with Crippen LogP contribution in [-0.2, 0) is 6.54 Å². The summed E-state index contributed by atoms with van der Waals surface area (Å²) in [6.45, 7) is 2.62. The molecular weight excluding hydrogens is 200 g/mol. The zero-order valence-corrected chi connectivity index (χ0v) is 9.20. The highest BCUT2D eigenvalue weighted by molar-refractivity contribution is 5.38. The lowest BCUT2D eigenvalue weighted by molar-refractivity contribution is -0.361. The van der Waals surface area contributed by atoms with E-state index in [4.69, 9.17) is 0 Å². The maximum absolute atomic E-state index is 9.66. The van der Waals surface area contributed by atoms with Gasteiger partial charge in [0.05, 0.1) is 6.20 Å². The van der Waals surface area contributed by atoms with Gasteiger partial charge >= 0.3 is 0 Å². The minimum Gasteiger partial charge on any atom is -0.508 e. The molecular formula is C13H15N2O+. The third kappa shape index (κ3) is 2.51. The highest BCUT2D eigenvalue weighted by Crippen LogP contribution is 2.18. The first-order valence-electron chi connectivity index (χ1n) is 5.25. The van der Waals surface area contributed by atoms with E-state index in [0.29, 0.717) is 12.3 Å². The molecule has 16 heavy (non-hydrogen) atoms. The number of aromatic amines is 1. The molecule has 0 aliphatic carbocycles. The summed E-state index contributed by atoms with van der Waals surface area (Å²) < 4.78 is 0. The fourth-order valence-corrected chi connectivity index (χ4v) is 1.55. The molecule has 0 fully saturated rings. The maximum Gasteiger partial charge on any atom is 0.272 e. The monoisotopic (exact) mass is 215 g/mol. The number of aromatic hydroxyl groups is 1. The van der Waals surface area contributed by atoms with Gasteiger partial charge in [0.15, 0.2) is 0 Å². The maximum atomic E-state index is 9.66. The molecule has 3 heteroatoms. The van der Waals surface area contributed by atoms with Crippen LogP contribution in [0.25, 0.3) is 0 Å². The molecule has 1 heterocycles. The number of aromatic nitrogens is 1. The first-order chi connectivity index (χ1) is 7.75. The number of phenols is 1. The van der Waals surface area contributed by atoms with E-state index in [1.54, 1.807) is 6.07 Å². The summed E-state index contributed by atoms with van der Waals surface area (Å²) in [5.41, 5.74) is 2.05. The third-order valence-electron chi connectivity index (χ3n) is 2.41. The molecule has 0 spiro atoms. The van der Waals surface area contributed by atoms with Gasteiger partial charge in [-0.05, 0) is 25.1 Å². The van der Waals surface area contributed by atoms with E-state index in [2.05, 4.69) is 10.3 Å². The Balaban J connectivity index is 2.08. The topological polar surface area (TPSA) is 46.4 Å². The van der Waals surface area contributed by atoms with Crippen LogP contribution in [0.2, 0.25) is 0 Å². The van der Waals surface area contributed by atoms with Crippen LogP contribution >= 0.6 is 0 Å². The Hall–Kier alpha value is -2.03. The zero-order valence-electron chi connectivity index (χ0n) is 9.20. The second-order valence-corrected chi connectivity index (χ2v) is 3.76. The highest BCUT2D eigenvalue weighted by Gasteiger charge is 2.04. The van der Waals surface area contributed by atoms with Gasteiger partial charge in [0.25, 0.3) is 5.82 Å². The van der Waals surface area contributed by atoms with Gasteiger partial charge in [-0.3, -0.25) is 5.32 Å². The fraction of sp³-hybridized carbons (Fsp3) is 0.154. The van der Waals surface area contributed by atoms with Gasteiger partial charge in [0, 0.05) is 11.6 Å². The number of aryl methyl sites for hydroxylation is 1. The second-order valence-electron chi connectivity index (χ2n) is 3.76. The minimum atomic E-state index is 0.328. The van der Waals surface area contributed by atoms with E-state index in [-0.39, 0.29) is 0 Å². The minimum absolute atomic E-state index is 0.328. The molecule has 2 rings (SSSR count). The summed E-state index contributed by atoms with van der Waals surface area (Å²) >= 11 is 0. The summed E-state index contributed by atoms with van der Waals surface area (Å²) in [7, 11) is 0. The molecule has 0 saturated carbocycles. The van der Waals surface area contributed by atoms with E-state index >= 15 is 0 Å². The van der Waals surface area contributed by atoms with Crippen LogP contribution in [-0.4, -0.2) is 5.11 Å². The van der Waals surface area contributed by atoms with E-state index in [1.807, 2.05) is 43.5 Å². The standard InChI is InChI=1S/C13H14N2O/c1-10-5-6-12(16)11(8-10)9-15-13-4-2-3-7-14-13/h2-8,16H,9H2,1H3,(H,14,15)/p+1. The van der Waals surface area contributed by atoms with Crippen LogP contribution in [0.5, 0.6) is 5.75 Å². The van der Waals surface area contributed by atoms with Gasteiger partial charge in [0.2, 0.25) is 0 Å². The number of benzene rings is 1. The first kappa shape index (κ1) is 10.5. The van der Waals surface area contributed by atoms with Crippen molar-refractivity contribution in [3.8, 4) is 5.75 Å². The van der Waals surface area contributed by atoms with Crippen LogP contribution in [0, 0.1) is 6.92 Å². The van der Waals surface area contributed by atoms with Crippen molar-refractivity contribution in [1.82, 2.24) is 0 Å². The lowest BCUT2D eigenvalue weighted by atomic mass is 10.1. The van der Waals surface area contributed by atoms with Crippen molar-refractivity contribution in [2.24, 2.45) is 0 Å². The summed E-state index contributed by atoms with van der Waals surface area (Å²) in [5, 5.41) is 12.9. The predicted octanol–water partition coefficient (Wildman–Crippen LogP) is 2.13. The molecule has 0 radical (unpaired) electrons. The Morgan fingerprint density at radius 3 is 2.88 bits per heavy atom. The number of hydrogen-bond donors (Lipinski definition) is 2. The number of hydrogen-bond acceptors (Lipinski definition) is 2. The number of anilines is 1. The Morgan fingerprint density at radius 1 is 1.25 bits per heavy atom. The fourth-order valence-electron chi connectivity index (χ4n) is 1.55. The van der Waals surface area contributed by atoms with E-state index in [0.717, 1.165) is 16.9 Å². The first-order valence-corrected chi connectivity index (χ1v) is 5.25. The SMILES string of the molecule is Cc1ccc(O)c(CNc2cccc[nH+]2)c1. The van der Waals surface area contributed by atoms with Crippen molar-refractivity contribution in [2.75, 3.05) is 5.32 Å². The van der Waals surface area contributed by atoms with Crippen LogP contribution in [0.15, 0.2) is 42.6 Å². The Morgan fingerprint density at radius 2 is 2.12 bits per heavy atom. The number of phenolic OH excluding ortho intramolecular Hbond substituents is 1. The van der Waals surface area contributed by atoms with E-state index in [9.17, 15) is 5.11 Å². The van der Waals surface area contributed by atoms with Crippen LogP contribution in [0.4, 0.5) is 5.82 Å². The summed E-state index contributed by atoms with van der Waals surface area (Å²) in [6, 6.07) is 11.4. The highest BCUT2D eigenvalue weighted by atomic mass is 16.3. The largest absolute Gasteiger partial charge is 0.508 e. The average molecular weight is 215 g/mol. The van der Waals surface area contributed by atoms with Gasteiger partial charge in [-0.1, -0.05) is 17.7 Å². The van der Waals surface area contributed by atoms with E-state index < -0.39 is 0 Å². The Bertz CT molecular complexity index is 469. The molecule has 1 aromatic heterocycles. The van der Waals surface area contributed by atoms with Gasteiger partial charge in [0.1, 0.15) is 12.3 Å². The molecule has 1 aromatic carbocycles. The van der Waals surface area contributed by atoms with Crippen molar-refractivity contribution in [3.05, 3.63) is 53.7 Å². The zero-order chi connectivity index (χ0) is 11.4. The normalized spacial score (nSPS) is 10.1. The van der Waals surface area contributed by atoms with Crippen LogP contribution in [0.3, 0.4) is 0 Å². The van der Waals surface area contributed by atoms with Gasteiger partial charge in [-0.25, -0.2) is 4.98 Å². The van der Waals surface area contributed by atoms with Crippen molar-refractivity contribution < 1.29 is 10.1 Å². The summed E-state index contributed by atoms with van der Waals surface area (Å²) in [6.07, 6.45) is 1.86. The second kappa shape index (κ2) is 4.66. The van der Waals surface area contributed by atoms with Crippen LogP contribution in [0.1, 0.15) is 11.1 Å². The molecule has 0 aliphatic rings. The molecule has 3 nitrogen and oxygen atoms in total. The van der Waals surface area contributed by atoms with Gasteiger partial charge in [-0.2, -0.15) is 0 Å². The van der Waals surface area contributed by atoms with Crippen molar-refractivity contribution >= 4 is 5.82 Å². The smallest absolute Gasteiger partial charge is 0.272 e. The predicted molar refractivity (Wildman–Crippen MR) is 63.2 cm³/mol. The van der Waals surface area contributed by atoms with Crippen molar-refractivity contribution in [3.63, 3.8) is 0 Å². The van der Waals surface area contributed by atoms with Gasteiger partial charge < -0.3 is 5.11 Å². The van der Waals surface area contributed by atoms with Gasteiger partial charge in [-0.15, -0.1) is 0 Å². The molecule has 0 atom stereocenters. The Labute approximate surface area is 94.8 Å². The quantitative estimate of drug-likeness (QED) is 0.823. The van der Waals surface area contributed by atoms with Crippen LogP contribution < -0.4 is 10.3 Å². The number of H-pyrrole nitrogens is 1. The summed E-state index contributed by atoms with van der Waals surface area (Å²) in [4.78, 5) is 3.08. The summed E-state index contributed by atoms with van der Waals surface area (Å²) in [5.74, 6) is 1.26. The molecule has 2 aromatic rings. The van der Waals surface area contributed by atoms with E-state index in [1.165, 1.54) is 0 Å². The molecule has 0 saturated heterocycles. The van der Waals surface area contributed by atoms with Crippen molar-refractivity contribution in [2.45, 2.75) is 13.5 Å². The molecule has 82 valence electrons. The molecule has 0 amide bonds. The molecule has 0 unspecified atom stereocenters. The Kier molecular flexibility index (Phi) is 3.05. The third-order valence-corrected chi connectivity index (χ3v) is 2.41.